The van der Waals surface area contributed by atoms with E-state index in [0.717, 1.165) is 16.7 Å². The molecule has 1 fully saturated rings. The van der Waals surface area contributed by atoms with E-state index in [2.05, 4.69) is 6.07 Å². The van der Waals surface area contributed by atoms with Crippen molar-refractivity contribution in [2.24, 2.45) is 5.73 Å². The van der Waals surface area contributed by atoms with Gasteiger partial charge < -0.3 is 15.4 Å². The van der Waals surface area contributed by atoms with Crippen molar-refractivity contribution in [2.45, 2.75) is 18.4 Å². The Labute approximate surface area is 180 Å². The van der Waals surface area contributed by atoms with E-state index in [9.17, 15) is 9.59 Å². The van der Waals surface area contributed by atoms with Gasteiger partial charge in [-0.2, -0.15) is 0 Å². The maximum absolute atomic E-state index is 12.8. The maximum Gasteiger partial charge on any atom is 0.251 e. The van der Waals surface area contributed by atoms with Gasteiger partial charge in [0.05, 0.1) is 19.6 Å². The number of primary amides is 1. The summed E-state index contributed by atoms with van der Waals surface area (Å²) < 4.78 is 5.90. The lowest BCUT2D eigenvalue weighted by Crippen LogP contribution is -2.61. The number of hydrogen-bond acceptors (Lipinski definition) is 4. The van der Waals surface area contributed by atoms with Crippen LogP contribution >= 0.6 is 11.3 Å². The molecule has 30 heavy (non-hydrogen) atoms. The van der Waals surface area contributed by atoms with Gasteiger partial charge in [-0.1, -0.05) is 60.7 Å². The number of morpholine rings is 1. The number of nitrogens with zero attached hydrogens (tertiary/aromatic N) is 1. The second kappa shape index (κ2) is 8.81. The summed E-state index contributed by atoms with van der Waals surface area (Å²) in [5.41, 5.74) is 7.59. The molecule has 2 aromatic carbocycles. The molecule has 0 aliphatic carbocycles. The molecule has 154 valence electrons. The third kappa shape index (κ3) is 4.45. The molecule has 1 atom stereocenters. The maximum atomic E-state index is 12.8. The SMILES string of the molecule is NC(=O)[C@@]1(Cc2ccc(-c3cccs3)cc2)CN(C(=O)Cc2ccccc2)CCO1. The predicted molar refractivity (Wildman–Crippen MR) is 118 cm³/mol. The number of nitrogens with two attached hydrogens (primary N) is 1. The zero-order valence-electron chi connectivity index (χ0n) is 16.6. The van der Waals surface area contributed by atoms with Gasteiger partial charge in [-0.15, -0.1) is 11.3 Å². The number of ether oxygens (including phenoxy) is 1. The second-order valence-electron chi connectivity index (χ2n) is 7.54. The van der Waals surface area contributed by atoms with Gasteiger partial charge in [0.15, 0.2) is 5.60 Å². The van der Waals surface area contributed by atoms with Crippen LogP contribution in [0.2, 0.25) is 0 Å². The number of benzene rings is 2. The number of amides is 2. The zero-order valence-corrected chi connectivity index (χ0v) is 17.4. The van der Waals surface area contributed by atoms with Crippen molar-refractivity contribution >= 4 is 23.2 Å². The Morgan fingerprint density at radius 2 is 1.77 bits per heavy atom. The molecule has 2 N–H and O–H groups in total. The molecule has 2 heterocycles. The molecule has 3 aromatic rings. The molecule has 1 aromatic heterocycles. The third-order valence-electron chi connectivity index (χ3n) is 5.44. The Balaban J connectivity index is 1.49. The largest absolute Gasteiger partial charge is 0.367 e. The average Bonchev–Trinajstić information content (AvgIpc) is 3.30. The normalized spacial score (nSPS) is 18.9. The number of hydrogen-bond donors (Lipinski definition) is 1. The van der Waals surface area contributed by atoms with Crippen LogP contribution in [0.3, 0.4) is 0 Å². The van der Waals surface area contributed by atoms with Crippen molar-refractivity contribution < 1.29 is 14.3 Å². The second-order valence-corrected chi connectivity index (χ2v) is 8.48. The fourth-order valence-electron chi connectivity index (χ4n) is 3.78. The Morgan fingerprint density at radius 3 is 2.43 bits per heavy atom. The summed E-state index contributed by atoms with van der Waals surface area (Å²) in [5, 5.41) is 2.04. The summed E-state index contributed by atoms with van der Waals surface area (Å²) in [5.74, 6) is -0.565. The highest BCUT2D eigenvalue weighted by molar-refractivity contribution is 7.13. The van der Waals surface area contributed by atoms with Crippen LogP contribution in [0.1, 0.15) is 11.1 Å². The number of thiophene rings is 1. The summed E-state index contributed by atoms with van der Waals surface area (Å²) in [6, 6.07) is 21.8. The molecular formula is C24H24N2O3S. The van der Waals surface area contributed by atoms with E-state index in [-0.39, 0.29) is 19.1 Å². The molecule has 0 spiro atoms. The quantitative estimate of drug-likeness (QED) is 0.665. The van der Waals surface area contributed by atoms with Crippen molar-refractivity contribution in [2.75, 3.05) is 19.7 Å². The molecule has 0 bridgehead atoms. The van der Waals surface area contributed by atoms with Crippen LogP contribution in [0.15, 0.2) is 72.1 Å². The molecule has 0 unspecified atom stereocenters. The smallest absolute Gasteiger partial charge is 0.251 e. The van der Waals surface area contributed by atoms with Gasteiger partial charge in [0.2, 0.25) is 5.91 Å². The van der Waals surface area contributed by atoms with Crippen LogP contribution in [-0.4, -0.2) is 42.0 Å². The summed E-state index contributed by atoms with van der Waals surface area (Å²) in [6.45, 7) is 0.912. The predicted octanol–water partition coefficient (Wildman–Crippen LogP) is 3.28. The Kier molecular flexibility index (Phi) is 5.97. The fourth-order valence-corrected chi connectivity index (χ4v) is 4.51. The molecule has 0 saturated carbocycles. The highest BCUT2D eigenvalue weighted by Crippen LogP contribution is 2.28. The first-order chi connectivity index (χ1) is 14.6. The molecule has 1 aliphatic heterocycles. The van der Waals surface area contributed by atoms with E-state index in [4.69, 9.17) is 10.5 Å². The van der Waals surface area contributed by atoms with Crippen LogP contribution < -0.4 is 5.73 Å². The monoisotopic (exact) mass is 420 g/mol. The number of rotatable bonds is 6. The highest BCUT2D eigenvalue weighted by atomic mass is 32.1. The first kappa shape index (κ1) is 20.3. The van der Waals surface area contributed by atoms with Gasteiger partial charge in [0.25, 0.3) is 5.91 Å². The minimum atomic E-state index is -1.21. The van der Waals surface area contributed by atoms with Gasteiger partial charge in [0.1, 0.15) is 0 Å². The van der Waals surface area contributed by atoms with Crippen molar-refractivity contribution in [1.82, 2.24) is 4.90 Å². The Hall–Kier alpha value is -2.96. The molecule has 4 rings (SSSR count). The minimum Gasteiger partial charge on any atom is -0.367 e. The molecule has 0 radical (unpaired) electrons. The minimum absolute atomic E-state index is 0.0248. The first-order valence-corrected chi connectivity index (χ1v) is 10.8. The third-order valence-corrected chi connectivity index (χ3v) is 6.35. The van der Waals surface area contributed by atoms with Crippen LogP contribution in [0.25, 0.3) is 10.4 Å². The molecular weight excluding hydrogens is 396 g/mol. The number of carbonyl (C=O) groups is 2. The highest BCUT2D eigenvalue weighted by Gasteiger charge is 2.43. The van der Waals surface area contributed by atoms with E-state index >= 15 is 0 Å². The Bertz CT molecular complexity index is 1000. The lowest BCUT2D eigenvalue weighted by molar-refractivity contribution is -0.163. The molecule has 6 heteroatoms. The van der Waals surface area contributed by atoms with E-state index < -0.39 is 11.5 Å². The summed E-state index contributed by atoms with van der Waals surface area (Å²) in [4.78, 5) is 28.1. The average molecular weight is 421 g/mol. The van der Waals surface area contributed by atoms with Crippen LogP contribution in [0, 0.1) is 0 Å². The summed E-state index contributed by atoms with van der Waals surface area (Å²) in [6.07, 6.45) is 0.632. The molecule has 1 saturated heterocycles. The lowest BCUT2D eigenvalue weighted by Gasteiger charge is -2.41. The van der Waals surface area contributed by atoms with Gasteiger partial charge in [-0.3, -0.25) is 9.59 Å². The van der Waals surface area contributed by atoms with E-state index in [1.54, 1.807) is 16.2 Å². The Morgan fingerprint density at radius 1 is 1.00 bits per heavy atom. The van der Waals surface area contributed by atoms with Gasteiger partial charge >= 0.3 is 0 Å². The van der Waals surface area contributed by atoms with Gasteiger partial charge in [-0.25, -0.2) is 0 Å². The van der Waals surface area contributed by atoms with Crippen molar-refractivity contribution in [3.05, 3.63) is 83.2 Å². The topological polar surface area (TPSA) is 72.6 Å². The van der Waals surface area contributed by atoms with Crippen molar-refractivity contribution in [1.29, 1.82) is 0 Å². The fraction of sp³-hybridized carbons (Fsp3) is 0.250. The zero-order chi connectivity index (χ0) is 21.0. The molecule has 5 nitrogen and oxygen atoms in total. The lowest BCUT2D eigenvalue weighted by atomic mass is 9.91. The van der Waals surface area contributed by atoms with Gasteiger partial charge in [0, 0.05) is 17.8 Å². The van der Waals surface area contributed by atoms with E-state index in [1.165, 1.54) is 4.88 Å². The number of carbonyl (C=O) groups excluding carboxylic acids is 2. The molecule has 1 aliphatic rings. The van der Waals surface area contributed by atoms with Crippen molar-refractivity contribution in [3.8, 4) is 10.4 Å². The van der Waals surface area contributed by atoms with E-state index in [0.29, 0.717) is 19.4 Å². The van der Waals surface area contributed by atoms with Crippen LogP contribution in [-0.2, 0) is 27.2 Å². The molecule has 2 amide bonds. The first-order valence-electron chi connectivity index (χ1n) is 9.94. The van der Waals surface area contributed by atoms with Crippen LogP contribution in [0.4, 0.5) is 0 Å². The van der Waals surface area contributed by atoms with Crippen molar-refractivity contribution in [3.63, 3.8) is 0 Å². The summed E-state index contributed by atoms with van der Waals surface area (Å²) in [7, 11) is 0. The van der Waals surface area contributed by atoms with E-state index in [1.807, 2.05) is 66.0 Å². The van der Waals surface area contributed by atoms with Gasteiger partial charge in [-0.05, 0) is 28.1 Å². The standard InChI is InChI=1S/C24H24N2O3S/c25-23(28)24(16-19-8-10-20(11-9-19)21-7-4-14-30-21)17-26(12-13-29-24)22(27)15-18-5-2-1-3-6-18/h1-11,14H,12-13,15-17H2,(H2,25,28)/t24-/m1/s1. The van der Waals surface area contributed by atoms with Crippen LogP contribution in [0.5, 0.6) is 0 Å². The summed E-state index contributed by atoms with van der Waals surface area (Å²) >= 11 is 1.68.